The van der Waals surface area contributed by atoms with Crippen molar-refractivity contribution < 1.29 is 4.79 Å². The second-order valence-electron chi connectivity index (χ2n) is 4.65. The molecule has 0 saturated carbocycles. The first-order valence-electron chi connectivity index (χ1n) is 6.01. The molecule has 0 fully saturated rings. The van der Waals surface area contributed by atoms with Crippen molar-refractivity contribution in [2.75, 3.05) is 5.32 Å². The zero-order valence-electron chi connectivity index (χ0n) is 10.9. The standard InChI is InChI=1S/C16H17NO/c1-11-8-12(2)10-14(9-11)17-16(18)15-7-5-4-6-13(15)3/h4-10H,1-3H3,(H,17,18). The number of carbonyl (C=O) groups is 1. The molecule has 0 spiro atoms. The number of hydrogen-bond donors (Lipinski definition) is 1. The summed E-state index contributed by atoms with van der Waals surface area (Å²) in [5, 5.41) is 2.94. The SMILES string of the molecule is Cc1cc(C)cc(NC(=O)c2ccccc2C)c1. The van der Waals surface area contributed by atoms with Crippen LogP contribution in [0.5, 0.6) is 0 Å². The minimum absolute atomic E-state index is 0.0573. The lowest BCUT2D eigenvalue weighted by atomic mass is 10.1. The monoisotopic (exact) mass is 239 g/mol. The molecule has 0 radical (unpaired) electrons. The van der Waals surface area contributed by atoms with Crippen LogP contribution >= 0.6 is 0 Å². The van der Waals surface area contributed by atoms with Crippen LogP contribution in [0, 0.1) is 20.8 Å². The van der Waals surface area contributed by atoms with Gasteiger partial charge < -0.3 is 5.32 Å². The van der Waals surface area contributed by atoms with Crippen LogP contribution in [-0.4, -0.2) is 5.91 Å². The minimum Gasteiger partial charge on any atom is -0.322 e. The number of rotatable bonds is 2. The molecule has 2 heteroatoms. The molecule has 2 aromatic carbocycles. The molecule has 1 amide bonds. The predicted octanol–water partition coefficient (Wildman–Crippen LogP) is 3.86. The summed E-state index contributed by atoms with van der Waals surface area (Å²) in [6.45, 7) is 5.99. The van der Waals surface area contributed by atoms with Crippen molar-refractivity contribution in [2.24, 2.45) is 0 Å². The third-order valence-corrected chi connectivity index (χ3v) is 2.87. The lowest BCUT2D eigenvalue weighted by molar-refractivity contribution is 0.102. The molecule has 0 aromatic heterocycles. The van der Waals surface area contributed by atoms with Crippen LogP contribution in [-0.2, 0) is 0 Å². The van der Waals surface area contributed by atoms with Crippen LogP contribution in [0.3, 0.4) is 0 Å². The first kappa shape index (κ1) is 12.4. The fraction of sp³-hybridized carbons (Fsp3) is 0.188. The van der Waals surface area contributed by atoms with Crippen molar-refractivity contribution in [2.45, 2.75) is 20.8 Å². The average molecular weight is 239 g/mol. The molecule has 0 aliphatic carbocycles. The molecule has 0 unspecified atom stereocenters. The Hall–Kier alpha value is -2.09. The summed E-state index contributed by atoms with van der Waals surface area (Å²) in [6, 6.07) is 13.6. The van der Waals surface area contributed by atoms with Crippen molar-refractivity contribution in [3.63, 3.8) is 0 Å². The normalized spacial score (nSPS) is 10.2. The van der Waals surface area contributed by atoms with Crippen molar-refractivity contribution in [1.29, 1.82) is 0 Å². The zero-order valence-corrected chi connectivity index (χ0v) is 10.9. The first-order chi connectivity index (χ1) is 8.56. The highest BCUT2D eigenvalue weighted by molar-refractivity contribution is 6.05. The summed E-state index contributed by atoms with van der Waals surface area (Å²) in [4.78, 5) is 12.1. The number of hydrogen-bond acceptors (Lipinski definition) is 1. The largest absolute Gasteiger partial charge is 0.322 e. The quantitative estimate of drug-likeness (QED) is 0.847. The van der Waals surface area contributed by atoms with E-state index in [-0.39, 0.29) is 5.91 Å². The maximum absolute atomic E-state index is 12.1. The summed E-state index contributed by atoms with van der Waals surface area (Å²) < 4.78 is 0. The molecule has 92 valence electrons. The Kier molecular flexibility index (Phi) is 3.47. The van der Waals surface area contributed by atoms with Gasteiger partial charge in [-0.15, -0.1) is 0 Å². The number of nitrogens with one attached hydrogen (secondary N) is 1. The van der Waals surface area contributed by atoms with E-state index >= 15 is 0 Å². The molecule has 0 atom stereocenters. The lowest BCUT2D eigenvalue weighted by Crippen LogP contribution is -2.13. The Morgan fingerprint density at radius 1 is 0.944 bits per heavy atom. The van der Waals surface area contributed by atoms with E-state index < -0.39 is 0 Å². The van der Waals surface area contributed by atoms with Gasteiger partial charge in [0.15, 0.2) is 0 Å². The highest BCUT2D eigenvalue weighted by Gasteiger charge is 2.08. The van der Waals surface area contributed by atoms with Gasteiger partial charge in [0, 0.05) is 11.3 Å². The van der Waals surface area contributed by atoms with E-state index in [1.165, 1.54) is 0 Å². The topological polar surface area (TPSA) is 29.1 Å². The Bertz CT molecular complexity index is 567. The minimum atomic E-state index is -0.0573. The third-order valence-electron chi connectivity index (χ3n) is 2.87. The van der Waals surface area contributed by atoms with E-state index in [2.05, 4.69) is 11.4 Å². The Balaban J connectivity index is 2.24. The van der Waals surface area contributed by atoms with Crippen molar-refractivity contribution in [3.05, 3.63) is 64.7 Å². The molecule has 1 N–H and O–H groups in total. The van der Waals surface area contributed by atoms with Crippen LogP contribution in [0.1, 0.15) is 27.0 Å². The Labute approximate surface area is 108 Å². The summed E-state index contributed by atoms with van der Waals surface area (Å²) in [5.74, 6) is -0.0573. The van der Waals surface area contributed by atoms with Crippen molar-refractivity contribution in [3.8, 4) is 0 Å². The van der Waals surface area contributed by atoms with E-state index in [4.69, 9.17) is 0 Å². The van der Waals surface area contributed by atoms with E-state index in [9.17, 15) is 4.79 Å². The summed E-state index contributed by atoms with van der Waals surface area (Å²) in [6.07, 6.45) is 0. The van der Waals surface area contributed by atoms with Crippen LogP contribution in [0.25, 0.3) is 0 Å². The molecule has 2 aromatic rings. The van der Waals surface area contributed by atoms with Crippen LogP contribution in [0.4, 0.5) is 5.69 Å². The van der Waals surface area contributed by atoms with Crippen LogP contribution < -0.4 is 5.32 Å². The van der Waals surface area contributed by atoms with Gasteiger partial charge in [-0.05, 0) is 55.7 Å². The van der Waals surface area contributed by atoms with Gasteiger partial charge in [0.2, 0.25) is 0 Å². The van der Waals surface area contributed by atoms with Gasteiger partial charge in [-0.2, -0.15) is 0 Å². The van der Waals surface area contributed by atoms with Gasteiger partial charge in [-0.25, -0.2) is 0 Å². The molecular formula is C16H17NO. The highest BCUT2D eigenvalue weighted by atomic mass is 16.1. The summed E-state index contributed by atoms with van der Waals surface area (Å²) in [7, 11) is 0. The smallest absolute Gasteiger partial charge is 0.255 e. The Morgan fingerprint density at radius 3 is 2.17 bits per heavy atom. The molecule has 0 aliphatic rings. The molecule has 18 heavy (non-hydrogen) atoms. The molecule has 2 rings (SSSR count). The molecule has 0 bridgehead atoms. The zero-order chi connectivity index (χ0) is 13.1. The van der Waals surface area contributed by atoms with E-state index in [1.807, 2.05) is 57.2 Å². The lowest BCUT2D eigenvalue weighted by Gasteiger charge is -2.09. The first-order valence-corrected chi connectivity index (χ1v) is 6.01. The van der Waals surface area contributed by atoms with E-state index in [0.717, 1.165) is 27.9 Å². The van der Waals surface area contributed by atoms with Gasteiger partial charge in [0.1, 0.15) is 0 Å². The fourth-order valence-corrected chi connectivity index (χ4v) is 2.07. The molecule has 0 aliphatic heterocycles. The van der Waals surface area contributed by atoms with Crippen molar-refractivity contribution >= 4 is 11.6 Å². The van der Waals surface area contributed by atoms with Crippen LogP contribution in [0.2, 0.25) is 0 Å². The van der Waals surface area contributed by atoms with E-state index in [1.54, 1.807) is 0 Å². The predicted molar refractivity (Wildman–Crippen MR) is 75.0 cm³/mol. The number of anilines is 1. The number of carbonyl (C=O) groups excluding carboxylic acids is 1. The summed E-state index contributed by atoms with van der Waals surface area (Å²) in [5.41, 5.74) is 4.85. The highest BCUT2D eigenvalue weighted by Crippen LogP contribution is 2.16. The van der Waals surface area contributed by atoms with Gasteiger partial charge in [0.05, 0.1) is 0 Å². The van der Waals surface area contributed by atoms with E-state index in [0.29, 0.717) is 0 Å². The van der Waals surface area contributed by atoms with Gasteiger partial charge in [-0.1, -0.05) is 24.3 Å². The maximum Gasteiger partial charge on any atom is 0.255 e. The number of amides is 1. The van der Waals surface area contributed by atoms with Gasteiger partial charge in [-0.3, -0.25) is 4.79 Å². The average Bonchev–Trinajstić information content (AvgIpc) is 2.27. The van der Waals surface area contributed by atoms with Crippen molar-refractivity contribution in [1.82, 2.24) is 0 Å². The van der Waals surface area contributed by atoms with Gasteiger partial charge in [0.25, 0.3) is 5.91 Å². The maximum atomic E-state index is 12.1. The molecular weight excluding hydrogens is 222 g/mol. The second-order valence-corrected chi connectivity index (χ2v) is 4.65. The van der Waals surface area contributed by atoms with Crippen LogP contribution in [0.15, 0.2) is 42.5 Å². The second kappa shape index (κ2) is 5.05. The summed E-state index contributed by atoms with van der Waals surface area (Å²) >= 11 is 0. The Morgan fingerprint density at radius 2 is 1.56 bits per heavy atom. The van der Waals surface area contributed by atoms with Gasteiger partial charge >= 0.3 is 0 Å². The molecule has 0 heterocycles. The fourth-order valence-electron chi connectivity index (χ4n) is 2.07. The number of aryl methyl sites for hydroxylation is 3. The third kappa shape index (κ3) is 2.77. The molecule has 0 saturated heterocycles. The number of benzene rings is 2. The molecule has 2 nitrogen and oxygen atoms in total.